The molecule has 0 unspecified atom stereocenters. The van der Waals surface area contributed by atoms with Gasteiger partial charge in [-0.25, -0.2) is 0 Å². The zero-order chi connectivity index (χ0) is 14.2. The Morgan fingerprint density at radius 2 is 1.56 bits per heavy atom. The van der Waals surface area contributed by atoms with E-state index in [9.17, 15) is 8.42 Å². The summed E-state index contributed by atoms with van der Waals surface area (Å²) < 4.78 is 33.2. The molecule has 0 amide bonds. The quantitative estimate of drug-likeness (QED) is 0.612. The zero-order valence-corrected chi connectivity index (χ0v) is 13.2. The topological polar surface area (TPSA) is 49.9 Å². The van der Waals surface area contributed by atoms with Gasteiger partial charge in [-0.1, -0.05) is 27.7 Å². The maximum absolute atomic E-state index is 12.6. The van der Waals surface area contributed by atoms with Crippen LogP contribution in [0.3, 0.4) is 0 Å². The van der Waals surface area contributed by atoms with E-state index in [2.05, 4.69) is 0 Å². The first-order valence-electron chi connectivity index (χ1n) is 6.75. The van der Waals surface area contributed by atoms with Gasteiger partial charge in [-0.05, 0) is 12.8 Å². The molecule has 0 N–H and O–H groups in total. The molecular formula is C12H28N2O3S. The Morgan fingerprint density at radius 3 is 1.89 bits per heavy atom. The molecule has 18 heavy (non-hydrogen) atoms. The van der Waals surface area contributed by atoms with Crippen molar-refractivity contribution in [3.63, 3.8) is 0 Å². The van der Waals surface area contributed by atoms with Crippen LogP contribution in [0.4, 0.5) is 0 Å². The fourth-order valence-electron chi connectivity index (χ4n) is 2.06. The molecule has 0 aliphatic rings. The molecule has 0 radical (unpaired) electrons. The summed E-state index contributed by atoms with van der Waals surface area (Å²) in [5.41, 5.74) is 0. The minimum atomic E-state index is -3.37. The van der Waals surface area contributed by atoms with Crippen LogP contribution >= 0.6 is 0 Å². The van der Waals surface area contributed by atoms with Crippen molar-refractivity contribution in [3.05, 3.63) is 0 Å². The van der Waals surface area contributed by atoms with E-state index in [1.54, 1.807) is 11.4 Å². The van der Waals surface area contributed by atoms with Crippen molar-refractivity contribution in [1.82, 2.24) is 8.61 Å². The largest absolute Gasteiger partial charge is 0.383 e. The van der Waals surface area contributed by atoms with Gasteiger partial charge >= 0.3 is 0 Å². The van der Waals surface area contributed by atoms with Crippen molar-refractivity contribution in [2.45, 2.75) is 46.6 Å². The average molecular weight is 280 g/mol. The standard InChI is InChI=1S/C12H28N2O3S/c1-6-12(7-2)14(10-11-17-5)18(15,16)13(8-3)9-4/h12H,6-11H2,1-5H3. The molecule has 0 bridgehead atoms. The van der Waals surface area contributed by atoms with Gasteiger partial charge in [0.2, 0.25) is 0 Å². The summed E-state index contributed by atoms with van der Waals surface area (Å²) in [6.07, 6.45) is 1.64. The van der Waals surface area contributed by atoms with Gasteiger partial charge in [-0.2, -0.15) is 17.0 Å². The van der Waals surface area contributed by atoms with Crippen LogP contribution in [0, 0.1) is 0 Å². The number of ether oxygens (including phenoxy) is 1. The van der Waals surface area contributed by atoms with Crippen molar-refractivity contribution in [3.8, 4) is 0 Å². The highest BCUT2D eigenvalue weighted by Crippen LogP contribution is 2.17. The minimum absolute atomic E-state index is 0.0470. The molecule has 0 aromatic heterocycles. The second kappa shape index (κ2) is 8.85. The second-order valence-corrected chi connectivity index (χ2v) is 6.05. The second-order valence-electron chi connectivity index (χ2n) is 4.17. The smallest absolute Gasteiger partial charge is 0.282 e. The van der Waals surface area contributed by atoms with Crippen molar-refractivity contribution >= 4 is 10.2 Å². The first kappa shape index (κ1) is 17.8. The number of methoxy groups -OCH3 is 1. The van der Waals surface area contributed by atoms with E-state index >= 15 is 0 Å². The van der Waals surface area contributed by atoms with Gasteiger partial charge < -0.3 is 4.74 Å². The lowest BCUT2D eigenvalue weighted by atomic mass is 10.2. The zero-order valence-electron chi connectivity index (χ0n) is 12.3. The monoisotopic (exact) mass is 280 g/mol. The molecule has 6 heteroatoms. The Balaban J connectivity index is 5.14. The SMILES string of the molecule is CCC(CC)N(CCOC)S(=O)(=O)N(CC)CC. The van der Waals surface area contributed by atoms with Crippen molar-refractivity contribution in [2.24, 2.45) is 0 Å². The Bertz CT molecular complexity index is 298. The van der Waals surface area contributed by atoms with E-state index in [-0.39, 0.29) is 6.04 Å². The van der Waals surface area contributed by atoms with Crippen LogP contribution in [0.1, 0.15) is 40.5 Å². The van der Waals surface area contributed by atoms with Gasteiger partial charge in [0, 0.05) is 32.8 Å². The van der Waals surface area contributed by atoms with Crippen molar-refractivity contribution in [2.75, 3.05) is 33.4 Å². The molecule has 0 spiro atoms. The van der Waals surface area contributed by atoms with Gasteiger partial charge in [0.05, 0.1) is 6.61 Å². The molecule has 0 saturated heterocycles. The Hall–Kier alpha value is -0.170. The Labute approximate surface area is 112 Å². The third kappa shape index (κ3) is 4.50. The van der Waals surface area contributed by atoms with Gasteiger partial charge in [0.1, 0.15) is 0 Å². The van der Waals surface area contributed by atoms with E-state index < -0.39 is 10.2 Å². The van der Waals surface area contributed by atoms with Crippen LogP contribution in [0.25, 0.3) is 0 Å². The molecule has 0 rings (SSSR count). The van der Waals surface area contributed by atoms with Crippen LogP contribution in [-0.2, 0) is 14.9 Å². The van der Waals surface area contributed by atoms with Gasteiger partial charge in [-0.15, -0.1) is 0 Å². The maximum atomic E-state index is 12.6. The molecule has 0 fully saturated rings. The highest BCUT2D eigenvalue weighted by atomic mass is 32.2. The number of hydrogen-bond donors (Lipinski definition) is 0. The number of nitrogens with zero attached hydrogens (tertiary/aromatic N) is 2. The summed E-state index contributed by atoms with van der Waals surface area (Å²) in [5, 5.41) is 0. The molecule has 0 aliphatic heterocycles. The molecule has 0 aromatic carbocycles. The lowest BCUT2D eigenvalue weighted by Crippen LogP contribution is -2.49. The fourth-order valence-corrected chi connectivity index (χ4v) is 3.99. The third-order valence-electron chi connectivity index (χ3n) is 3.19. The number of rotatable bonds is 10. The molecule has 0 aromatic rings. The molecule has 0 aliphatic carbocycles. The van der Waals surface area contributed by atoms with E-state index in [1.807, 2.05) is 27.7 Å². The lowest BCUT2D eigenvalue weighted by molar-refractivity contribution is 0.159. The molecule has 0 saturated carbocycles. The first-order chi connectivity index (χ1) is 8.49. The molecule has 110 valence electrons. The molecule has 0 atom stereocenters. The van der Waals surface area contributed by atoms with Crippen LogP contribution in [0.5, 0.6) is 0 Å². The summed E-state index contributed by atoms with van der Waals surface area (Å²) in [7, 11) is -1.78. The van der Waals surface area contributed by atoms with Crippen molar-refractivity contribution < 1.29 is 13.2 Å². The first-order valence-corrected chi connectivity index (χ1v) is 8.14. The van der Waals surface area contributed by atoms with Gasteiger partial charge in [0.25, 0.3) is 10.2 Å². The molecule has 5 nitrogen and oxygen atoms in total. The van der Waals surface area contributed by atoms with E-state index in [0.717, 1.165) is 12.8 Å². The summed E-state index contributed by atoms with van der Waals surface area (Å²) >= 11 is 0. The van der Waals surface area contributed by atoms with Gasteiger partial charge in [0.15, 0.2) is 0 Å². The maximum Gasteiger partial charge on any atom is 0.282 e. The summed E-state index contributed by atoms with van der Waals surface area (Å²) in [4.78, 5) is 0. The predicted octanol–water partition coefficient (Wildman–Crippen LogP) is 1.71. The van der Waals surface area contributed by atoms with Crippen molar-refractivity contribution in [1.29, 1.82) is 0 Å². The normalized spacial score (nSPS) is 12.9. The minimum Gasteiger partial charge on any atom is -0.383 e. The van der Waals surface area contributed by atoms with Gasteiger partial charge in [-0.3, -0.25) is 0 Å². The summed E-state index contributed by atoms with van der Waals surface area (Å²) in [6.45, 7) is 9.62. The summed E-state index contributed by atoms with van der Waals surface area (Å²) in [5.74, 6) is 0. The van der Waals surface area contributed by atoms with E-state index in [4.69, 9.17) is 4.74 Å². The fraction of sp³-hybridized carbons (Fsp3) is 1.00. The average Bonchev–Trinajstić information content (AvgIpc) is 2.35. The van der Waals surface area contributed by atoms with E-state index in [0.29, 0.717) is 26.2 Å². The molecule has 0 heterocycles. The summed E-state index contributed by atoms with van der Waals surface area (Å²) in [6, 6.07) is 0.0470. The predicted molar refractivity (Wildman–Crippen MR) is 74.8 cm³/mol. The third-order valence-corrected chi connectivity index (χ3v) is 5.44. The molecular weight excluding hydrogens is 252 g/mol. The highest BCUT2D eigenvalue weighted by Gasteiger charge is 2.31. The number of hydrogen-bond acceptors (Lipinski definition) is 3. The Kier molecular flexibility index (Phi) is 8.77. The highest BCUT2D eigenvalue weighted by molar-refractivity contribution is 7.86. The van der Waals surface area contributed by atoms with Crippen LogP contribution < -0.4 is 0 Å². The lowest BCUT2D eigenvalue weighted by Gasteiger charge is -2.33. The van der Waals surface area contributed by atoms with Crippen LogP contribution in [-0.4, -0.2) is 56.4 Å². The van der Waals surface area contributed by atoms with E-state index in [1.165, 1.54) is 4.31 Å². The Morgan fingerprint density at radius 1 is 1.06 bits per heavy atom. The van der Waals surface area contributed by atoms with Crippen LogP contribution in [0.2, 0.25) is 0 Å². The van der Waals surface area contributed by atoms with Crippen LogP contribution in [0.15, 0.2) is 0 Å².